The van der Waals surface area contributed by atoms with Gasteiger partial charge in [-0.25, -0.2) is 0 Å². The van der Waals surface area contributed by atoms with E-state index < -0.39 is 0 Å². The highest BCUT2D eigenvalue weighted by Crippen LogP contribution is 2.34. The Labute approximate surface area is 170 Å². The van der Waals surface area contributed by atoms with Gasteiger partial charge in [0.25, 0.3) is 0 Å². The zero-order valence-electron chi connectivity index (χ0n) is 15.4. The number of nitrogens with zero attached hydrogens (tertiary/aromatic N) is 1. The highest BCUT2D eigenvalue weighted by molar-refractivity contribution is 6.42. The first-order valence-electron chi connectivity index (χ1n) is 9.15. The zero-order valence-corrected chi connectivity index (χ0v) is 16.9. The van der Waals surface area contributed by atoms with E-state index in [9.17, 15) is 4.79 Å². The molecule has 1 atom stereocenters. The van der Waals surface area contributed by atoms with Crippen molar-refractivity contribution in [3.63, 3.8) is 0 Å². The van der Waals surface area contributed by atoms with Gasteiger partial charge in [-0.2, -0.15) is 0 Å². The van der Waals surface area contributed by atoms with Crippen molar-refractivity contribution in [3.05, 3.63) is 63.6 Å². The van der Waals surface area contributed by atoms with Crippen molar-refractivity contribution in [2.45, 2.75) is 25.3 Å². The van der Waals surface area contributed by atoms with Crippen LogP contribution in [-0.4, -0.2) is 37.6 Å². The maximum Gasteiger partial charge on any atom is 0.234 e. The summed E-state index contributed by atoms with van der Waals surface area (Å²) in [4.78, 5) is 14.6. The molecule has 2 aromatic carbocycles. The fraction of sp³-hybridized carbons (Fsp3) is 0.381. The first kappa shape index (κ1) is 20.0. The lowest BCUT2D eigenvalue weighted by molar-refractivity contribution is -0.122. The van der Waals surface area contributed by atoms with Gasteiger partial charge < -0.3 is 10.1 Å². The van der Waals surface area contributed by atoms with Crippen LogP contribution in [0.4, 0.5) is 0 Å². The predicted octanol–water partition coefficient (Wildman–Crippen LogP) is 4.50. The van der Waals surface area contributed by atoms with Gasteiger partial charge in [-0.15, -0.1) is 0 Å². The molecule has 1 heterocycles. The molecule has 0 spiro atoms. The number of amides is 1. The van der Waals surface area contributed by atoms with E-state index in [1.54, 1.807) is 7.11 Å². The summed E-state index contributed by atoms with van der Waals surface area (Å²) in [7, 11) is 1.65. The number of benzene rings is 2. The molecule has 0 bridgehead atoms. The Kier molecular flexibility index (Phi) is 7.00. The fourth-order valence-corrected chi connectivity index (χ4v) is 3.80. The number of nitrogens with one attached hydrogen (secondary N) is 1. The topological polar surface area (TPSA) is 41.6 Å². The molecule has 1 fully saturated rings. The molecule has 1 N–H and O–H groups in total. The highest BCUT2D eigenvalue weighted by atomic mass is 35.5. The summed E-state index contributed by atoms with van der Waals surface area (Å²) in [5, 5.41) is 4.14. The van der Waals surface area contributed by atoms with Crippen LogP contribution in [0.1, 0.15) is 30.0 Å². The van der Waals surface area contributed by atoms with E-state index >= 15 is 0 Å². The Morgan fingerprint density at radius 1 is 1.19 bits per heavy atom. The number of rotatable bonds is 7. The highest BCUT2D eigenvalue weighted by Gasteiger charge is 2.27. The van der Waals surface area contributed by atoms with Gasteiger partial charge in [0.15, 0.2) is 0 Å². The molecule has 3 rings (SSSR count). The third-order valence-electron chi connectivity index (χ3n) is 4.93. The van der Waals surface area contributed by atoms with E-state index in [2.05, 4.69) is 10.2 Å². The second-order valence-electron chi connectivity index (χ2n) is 6.75. The molecular weight excluding hydrogens is 383 g/mol. The number of hydrogen-bond donors (Lipinski definition) is 1. The molecule has 1 aliphatic heterocycles. The van der Waals surface area contributed by atoms with Crippen LogP contribution in [0.3, 0.4) is 0 Å². The predicted molar refractivity (Wildman–Crippen MR) is 110 cm³/mol. The van der Waals surface area contributed by atoms with Crippen molar-refractivity contribution in [2.75, 3.05) is 26.7 Å². The molecule has 2 aromatic rings. The minimum atomic E-state index is 0.0514. The number of ether oxygens (including phenoxy) is 1. The van der Waals surface area contributed by atoms with Crippen molar-refractivity contribution in [1.82, 2.24) is 10.2 Å². The van der Waals surface area contributed by atoms with E-state index in [-0.39, 0.29) is 11.9 Å². The van der Waals surface area contributed by atoms with Crippen molar-refractivity contribution >= 4 is 29.1 Å². The fourth-order valence-electron chi connectivity index (χ4n) is 3.49. The first-order valence-corrected chi connectivity index (χ1v) is 9.91. The molecule has 1 saturated heterocycles. The number of halogens is 2. The minimum absolute atomic E-state index is 0.0514. The van der Waals surface area contributed by atoms with Crippen LogP contribution in [0, 0.1) is 0 Å². The molecule has 1 aliphatic rings. The third kappa shape index (κ3) is 5.38. The number of carbonyl (C=O) groups excluding carboxylic acids is 1. The van der Waals surface area contributed by atoms with Crippen LogP contribution >= 0.6 is 23.2 Å². The molecule has 1 unspecified atom stereocenters. The maximum atomic E-state index is 12.4. The van der Waals surface area contributed by atoms with Gasteiger partial charge in [-0.1, -0.05) is 41.4 Å². The van der Waals surface area contributed by atoms with Crippen LogP contribution < -0.4 is 10.1 Å². The number of hydrogen-bond acceptors (Lipinski definition) is 3. The van der Waals surface area contributed by atoms with Crippen LogP contribution in [0.25, 0.3) is 0 Å². The molecule has 0 aliphatic carbocycles. The van der Waals surface area contributed by atoms with Gasteiger partial charge in [-0.3, -0.25) is 9.69 Å². The molecule has 1 amide bonds. The summed E-state index contributed by atoms with van der Waals surface area (Å²) in [6.07, 6.45) is 2.90. The lowest BCUT2D eigenvalue weighted by Gasteiger charge is -2.24. The average Bonchev–Trinajstić information content (AvgIpc) is 3.12. The standard InChI is InChI=1S/C21H24Cl2N2O2/c1-27-17-7-4-15(5-8-17)10-11-24-21(26)14-25-12-2-3-20(25)16-6-9-18(22)19(23)13-16/h4-9,13,20H,2-3,10-12,14H2,1H3,(H,24,26). The number of likely N-dealkylation sites (tertiary alicyclic amines) is 1. The normalized spacial score (nSPS) is 17.1. The molecule has 144 valence electrons. The molecule has 0 saturated carbocycles. The lowest BCUT2D eigenvalue weighted by Crippen LogP contribution is -2.37. The van der Waals surface area contributed by atoms with Gasteiger partial charge >= 0.3 is 0 Å². The van der Waals surface area contributed by atoms with Crippen LogP contribution in [0.5, 0.6) is 5.75 Å². The Balaban J connectivity index is 1.49. The third-order valence-corrected chi connectivity index (χ3v) is 5.67. The Hall–Kier alpha value is -1.75. The van der Waals surface area contributed by atoms with Gasteiger partial charge in [0, 0.05) is 12.6 Å². The summed E-state index contributed by atoms with van der Waals surface area (Å²) in [5.74, 6) is 0.889. The molecule has 0 radical (unpaired) electrons. The minimum Gasteiger partial charge on any atom is -0.497 e. The van der Waals surface area contributed by atoms with E-state index in [0.717, 1.165) is 37.1 Å². The smallest absolute Gasteiger partial charge is 0.234 e. The summed E-state index contributed by atoms with van der Waals surface area (Å²) in [6, 6.07) is 13.9. The number of methoxy groups -OCH3 is 1. The van der Waals surface area contributed by atoms with E-state index in [1.165, 1.54) is 5.56 Å². The summed E-state index contributed by atoms with van der Waals surface area (Å²) < 4.78 is 5.16. The summed E-state index contributed by atoms with van der Waals surface area (Å²) >= 11 is 12.2. The summed E-state index contributed by atoms with van der Waals surface area (Å²) in [6.45, 7) is 1.93. The maximum absolute atomic E-state index is 12.4. The van der Waals surface area contributed by atoms with Crippen LogP contribution in [-0.2, 0) is 11.2 Å². The first-order chi connectivity index (χ1) is 13.1. The Bertz CT molecular complexity index is 780. The monoisotopic (exact) mass is 406 g/mol. The zero-order chi connectivity index (χ0) is 19.2. The lowest BCUT2D eigenvalue weighted by atomic mass is 10.0. The van der Waals surface area contributed by atoms with E-state index in [1.807, 2.05) is 42.5 Å². The van der Waals surface area contributed by atoms with Gasteiger partial charge in [0.05, 0.1) is 23.7 Å². The van der Waals surface area contributed by atoms with Crippen molar-refractivity contribution in [1.29, 1.82) is 0 Å². The quantitative estimate of drug-likeness (QED) is 0.735. The SMILES string of the molecule is COc1ccc(CCNC(=O)CN2CCCC2c2ccc(Cl)c(Cl)c2)cc1. The second kappa shape index (κ2) is 9.45. The molecule has 27 heavy (non-hydrogen) atoms. The van der Waals surface area contributed by atoms with Gasteiger partial charge in [0.1, 0.15) is 5.75 Å². The Morgan fingerprint density at radius 2 is 1.96 bits per heavy atom. The van der Waals surface area contributed by atoms with Crippen LogP contribution in [0.15, 0.2) is 42.5 Å². The largest absolute Gasteiger partial charge is 0.497 e. The van der Waals surface area contributed by atoms with E-state index in [4.69, 9.17) is 27.9 Å². The van der Waals surface area contributed by atoms with Crippen LogP contribution in [0.2, 0.25) is 10.0 Å². The average molecular weight is 407 g/mol. The van der Waals surface area contributed by atoms with E-state index in [0.29, 0.717) is 23.1 Å². The van der Waals surface area contributed by atoms with Gasteiger partial charge in [-0.05, 0) is 61.2 Å². The van der Waals surface area contributed by atoms with Crippen molar-refractivity contribution in [3.8, 4) is 5.75 Å². The molecular formula is C21H24Cl2N2O2. The second-order valence-corrected chi connectivity index (χ2v) is 7.56. The molecule has 0 aromatic heterocycles. The number of carbonyl (C=O) groups is 1. The van der Waals surface area contributed by atoms with Gasteiger partial charge in [0.2, 0.25) is 5.91 Å². The van der Waals surface area contributed by atoms with Crippen molar-refractivity contribution < 1.29 is 9.53 Å². The molecule has 4 nitrogen and oxygen atoms in total. The van der Waals surface area contributed by atoms with Crippen molar-refractivity contribution in [2.24, 2.45) is 0 Å². The Morgan fingerprint density at radius 3 is 2.67 bits per heavy atom. The molecule has 6 heteroatoms. The summed E-state index contributed by atoms with van der Waals surface area (Å²) in [5.41, 5.74) is 2.29.